The third kappa shape index (κ3) is 7.08. The van der Waals surface area contributed by atoms with Crippen LogP contribution in [0.4, 0.5) is 0 Å². The van der Waals surface area contributed by atoms with Crippen LogP contribution in [0.2, 0.25) is 0 Å². The number of hydrogen-bond acceptors (Lipinski definition) is 4. The monoisotopic (exact) mass is 546 g/mol. The zero-order valence-electron chi connectivity index (χ0n) is 18.8. The smallest absolute Gasteiger partial charge is 0.192 e. The fourth-order valence-corrected chi connectivity index (χ4v) is 3.04. The first kappa shape index (κ1) is 25.4. The molecule has 1 aromatic heterocycles. The summed E-state index contributed by atoms with van der Waals surface area (Å²) in [6.45, 7) is 9.21. The van der Waals surface area contributed by atoms with Gasteiger partial charge in [-0.3, -0.25) is 0 Å². The zero-order chi connectivity index (χ0) is 22.1. The van der Waals surface area contributed by atoms with Crippen LogP contribution in [0.3, 0.4) is 0 Å². The van der Waals surface area contributed by atoms with Gasteiger partial charge in [0, 0.05) is 12.6 Å². The molecule has 32 heavy (non-hydrogen) atoms. The molecule has 2 aromatic carbocycles. The first-order chi connectivity index (χ1) is 15.1. The molecule has 0 aliphatic rings. The van der Waals surface area contributed by atoms with Crippen molar-refractivity contribution < 1.29 is 4.74 Å². The van der Waals surface area contributed by atoms with Crippen molar-refractivity contribution >= 4 is 29.9 Å². The Balaban J connectivity index is 0.00000363. The second kappa shape index (κ2) is 12.8. The summed E-state index contributed by atoms with van der Waals surface area (Å²) in [6, 6.07) is 18.3. The fourth-order valence-electron chi connectivity index (χ4n) is 3.04. The molecule has 0 aliphatic heterocycles. The minimum atomic E-state index is 0. The number of rotatable bonds is 9. The van der Waals surface area contributed by atoms with Crippen LogP contribution in [0.1, 0.15) is 35.7 Å². The van der Waals surface area contributed by atoms with Crippen LogP contribution in [-0.4, -0.2) is 27.3 Å². The second-order valence-corrected chi connectivity index (χ2v) is 7.22. The van der Waals surface area contributed by atoms with Crippen molar-refractivity contribution in [2.24, 2.45) is 12.0 Å². The van der Waals surface area contributed by atoms with Crippen LogP contribution in [0.5, 0.6) is 5.75 Å². The molecule has 8 heteroatoms. The number of hydrogen-bond donors (Lipinski definition) is 2. The Morgan fingerprint density at radius 3 is 2.56 bits per heavy atom. The highest BCUT2D eigenvalue weighted by Crippen LogP contribution is 2.19. The molecule has 3 aromatic rings. The molecule has 0 radical (unpaired) electrons. The van der Waals surface area contributed by atoms with E-state index in [0.29, 0.717) is 25.7 Å². The van der Waals surface area contributed by atoms with E-state index in [1.807, 2.05) is 61.0 Å². The van der Waals surface area contributed by atoms with Gasteiger partial charge < -0.3 is 19.9 Å². The lowest BCUT2D eigenvalue weighted by Crippen LogP contribution is -2.39. The van der Waals surface area contributed by atoms with Crippen LogP contribution in [0, 0.1) is 6.92 Å². The maximum atomic E-state index is 5.77. The standard InChI is InChI=1S/C24H30N6O.HI/c1-5-15-31-22-14-10-9-13-21(22)16-25-24(26-17-23-29-28-19(3)30(23)4)27-18(2)20-11-7-6-8-12-20;/h5-14,18H,1,15-17H2,2-4H3,(H2,25,26,27);1H. The SMILES string of the molecule is C=CCOc1ccccc1CN=C(NCc1nnc(C)n1C)NC(C)c1ccccc1.I. The number of nitrogens with zero attached hydrogens (tertiary/aromatic N) is 4. The summed E-state index contributed by atoms with van der Waals surface area (Å²) in [5, 5.41) is 15.2. The normalized spacial score (nSPS) is 11.9. The van der Waals surface area contributed by atoms with Gasteiger partial charge in [-0.1, -0.05) is 61.2 Å². The molecule has 0 bridgehead atoms. The van der Waals surface area contributed by atoms with Gasteiger partial charge in [-0.2, -0.15) is 0 Å². The Kier molecular flexibility index (Phi) is 10.2. The minimum absolute atomic E-state index is 0. The number of para-hydroxylation sites is 1. The molecule has 0 fully saturated rings. The van der Waals surface area contributed by atoms with Gasteiger partial charge in [-0.05, 0) is 25.5 Å². The van der Waals surface area contributed by atoms with Crippen LogP contribution in [0.25, 0.3) is 0 Å². The molecule has 0 spiro atoms. The maximum Gasteiger partial charge on any atom is 0.192 e. The van der Waals surface area contributed by atoms with Crippen LogP contribution < -0.4 is 15.4 Å². The van der Waals surface area contributed by atoms with Gasteiger partial charge in [0.2, 0.25) is 0 Å². The number of aromatic nitrogens is 3. The van der Waals surface area contributed by atoms with Crippen molar-refractivity contribution in [3.05, 3.63) is 90.0 Å². The lowest BCUT2D eigenvalue weighted by molar-refractivity contribution is 0.359. The lowest BCUT2D eigenvalue weighted by atomic mass is 10.1. The van der Waals surface area contributed by atoms with Crippen LogP contribution in [0.15, 0.2) is 72.2 Å². The molecule has 2 N–H and O–H groups in total. The van der Waals surface area contributed by atoms with Crippen molar-refractivity contribution in [1.82, 2.24) is 25.4 Å². The maximum absolute atomic E-state index is 5.77. The number of benzene rings is 2. The zero-order valence-corrected chi connectivity index (χ0v) is 21.1. The summed E-state index contributed by atoms with van der Waals surface area (Å²) in [5.41, 5.74) is 2.19. The molecule has 0 aliphatic carbocycles. The average Bonchev–Trinajstić information content (AvgIpc) is 3.12. The van der Waals surface area contributed by atoms with Gasteiger partial charge in [0.1, 0.15) is 18.2 Å². The molecular formula is C24H31IN6O. The van der Waals surface area contributed by atoms with E-state index in [9.17, 15) is 0 Å². The molecule has 3 rings (SSSR count). The summed E-state index contributed by atoms with van der Waals surface area (Å²) < 4.78 is 7.73. The summed E-state index contributed by atoms with van der Waals surface area (Å²) in [5.74, 6) is 3.21. The quantitative estimate of drug-likeness (QED) is 0.181. The number of ether oxygens (including phenoxy) is 1. The highest BCUT2D eigenvalue weighted by molar-refractivity contribution is 14.0. The van der Waals surface area contributed by atoms with Gasteiger partial charge in [0.15, 0.2) is 11.8 Å². The predicted molar refractivity (Wildman–Crippen MR) is 139 cm³/mol. The second-order valence-electron chi connectivity index (χ2n) is 7.22. The van der Waals surface area contributed by atoms with Crippen LogP contribution >= 0.6 is 24.0 Å². The molecule has 1 atom stereocenters. The van der Waals surface area contributed by atoms with Crippen molar-refractivity contribution in [3.8, 4) is 5.75 Å². The fraction of sp³-hybridized carbons (Fsp3) is 0.292. The number of guanidine groups is 1. The molecule has 0 amide bonds. The number of aryl methyl sites for hydroxylation is 1. The Morgan fingerprint density at radius 2 is 1.88 bits per heavy atom. The van der Waals surface area contributed by atoms with Crippen LogP contribution in [-0.2, 0) is 20.1 Å². The van der Waals surface area contributed by atoms with Crippen molar-refractivity contribution in [2.75, 3.05) is 6.61 Å². The number of aliphatic imine (C=N–C) groups is 1. The van der Waals surface area contributed by atoms with Gasteiger partial charge in [-0.25, -0.2) is 4.99 Å². The van der Waals surface area contributed by atoms with Gasteiger partial charge in [0.25, 0.3) is 0 Å². The first-order valence-electron chi connectivity index (χ1n) is 10.3. The average molecular weight is 546 g/mol. The topological polar surface area (TPSA) is 76.4 Å². The van der Waals surface area contributed by atoms with E-state index < -0.39 is 0 Å². The Morgan fingerprint density at radius 1 is 1.16 bits per heavy atom. The lowest BCUT2D eigenvalue weighted by Gasteiger charge is -2.19. The molecule has 1 heterocycles. The third-order valence-corrected chi connectivity index (χ3v) is 4.99. The van der Waals surface area contributed by atoms with Crippen molar-refractivity contribution in [3.63, 3.8) is 0 Å². The minimum Gasteiger partial charge on any atom is -0.489 e. The Labute approximate surface area is 207 Å². The summed E-state index contributed by atoms with van der Waals surface area (Å²) >= 11 is 0. The van der Waals surface area contributed by atoms with Gasteiger partial charge in [0.05, 0.1) is 19.1 Å². The highest BCUT2D eigenvalue weighted by atomic mass is 127. The van der Waals surface area contributed by atoms with Crippen molar-refractivity contribution in [1.29, 1.82) is 0 Å². The Bertz CT molecular complexity index is 1020. The molecular weight excluding hydrogens is 515 g/mol. The van der Waals surface area contributed by atoms with Crippen molar-refractivity contribution in [2.45, 2.75) is 33.0 Å². The Hall–Kier alpha value is -2.88. The van der Waals surface area contributed by atoms with E-state index in [1.54, 1.807) is 6.08 Å². The molecule has 0 saturated carbocycles. The molecule has 1 unspecified atom stereocenters. The summed E-state index contributed by atoms with van der Waals surface area (Å²) in [4.78, 5) is 4.81. The predicted octanol–water partition coefficient (Wildman–Crippen LogP) is 4.30. The van der Waals surface area contributed by atoms with E-state index in [2.05, 4.69) is 46.5 Å². The summed E-state index contributed by atoms with van der Waals surface area (Å²) in [7, 11) is 1.95. The molecule has 7 nitrogen and oxygen atoms in total. The largest absolute Gasteiger partial charge is 0.489 e. The number of halogens is 1. The summed E-state index contributed by atoms with van der Waals surface area (Å²) in [6.07, 6.45) is 1.74. The molecule has 0 saturated heterocycles. The number of nitrogens with one attached hydrogen (secondary N) is 2. The van der Waals surface area contributed by atoms with Gasteiger partial charge >= 0.3 is 0 Å². The molecule has 170 valence electrons. The third-order valence-electron chi connectivity index (χ3n) is 4.99. The van der Waals surface area contributed by atoms with E-state index in [0.717, 1.165) is 23.0 Å². The first-order valence-corrected chi connectivity index (χ1v) is 10.3. The van der Waals surface area contributed by atoms with E-state index in [4.69, 9.17) is 9.73 Å². The van der Waals surface area contributed by atoms with E-state index >= 15 is 0 Å². The van der Waals surface area contributed by atoms with E-state index in [1.165, 1.54) is 5.56 Å². The van der Waals surface area contributed by atoms with Gasteiger partial charge in [-0.15, -0.1) is 34.2 Å². The van der Waals surface area contributed by atoms with E-state index in [-0.39, 0.29) is 30.0 Å². The highest BCUT2D eigenvalue weighted by Gasteiger charge is 2.11.